The summed E-state index contributed by atoms with van der Waals surface area (Å²) in [6.45, 7) is 3.98. The molecule has 0 atom stereocenters. The van der Waals surface area contributed by atoms with Crippen molar-refractivity contribution in [3.05, 3.63) is 59.0 Å². The van der Waals surface area contributed by atoms with Crippen molar-refractivity contribution < 1.29 is 8.42 Å². The van der Waals surface area contributed by atoms with E-state index in [1.54, 1.807) is 18.2 Å². The van der Waals surface area contributed by atoms with Gasteiger partial charge in [0.2, 0.25) is 0 Å². The first-order chi connectivity index (χ1) is 12.0. The number of nitrogens with zero attached hydrogens (tertiary/aromatic N) is 2. The van der Waals surface area contributed by atoms with Crippen molar-refractivity contribution in [1.29, 1.82) is 0 Å². The minimum atomic E-state index is -3.64. The van der Waals surface area contributed by atoms with Crippen molar-refractivity contribution >= 4 is 38.7 Å². The molecule has 1 aromatic carbocycles. The van der Waals surface area contributed by atoms with Gasteiger partial charge < -0.3 is 5.32 Å². The molecule has 0 aliphatic heterocycles. The molecule has 25 heavy (non-hydrogen) atoms. The summed E-state index contributed by atoms with van der Waals surface area (Å²) in [7, 11) is -3.64. The van der Waals surface area contributed by atoms with Crippen molar-refractivity contribution in [1.82, 2.24) is 10.2 Å². The molecule has 0 aliphatic carbocycles. The maximum absolute atomic E-state index is 12.4. The first-order valence-electron chi connectivity index (χ1n) is 7.76. The second-order valence-electron chi connectivity index (χ2n) is 5.42. The van der Waals surface area contributed by atoms with Gasteiger partial charge in [0.15, 0.2) is 11.6 Å². The lowest BCUT2D eigenvalue weighted by Gasteiger charge is -2.09. The van der Waals surface area contributed by atoms with Gasteiger partial charge in [-0.1, -0.05) is 25.1 Å². The molecule has 3 aromatic rings. The quantitative estimate of drug-likeness (QED) is 0.682. The number of para-hydroxylation sites is 1. The van der Waals surface area contributed by atoms with E-state index in [-0.39, 0.29) is 10.0 Å². The Morgan fingerprint density at radius 1 is 1.00 bits per heavy atom. The van der Waals surface area contributed by atoms with Gasteiger partial charge >= 0.3 is 0 Å². The zero-order chi connectivity index (χ0) is 17.9. The van der Waals surface area contributed by atoms with Crippen LogP contribution in [0.15, 0.2) is 52.7 Å². The highest BCUT2D eigenvalue weighted by Crippen LogP contribution is 2.24. The van der Waals surface area contributed by atoms with Crippen LogP contribution in [0.25, 0.3) is 0 Å². The van der Waals surface area contributed by atoms with Crippen molar-refractivity contribution in [2.24, 2.45) is 0 Å². The van der Waals surface area contributed by atoms with Crippen LogP contribution in [0.2, 0.25) is 0 Å². The maximum atomic E-state index is 12.4. The molecule has 130 valence electrons. The molecule has 0 aliphatic rings. The van der Waals surface area contributed by atoms with Gasteiger partial charge in [-0.2, -0.15) is 0 Å². The largest absolute Gasteiger partial charge is 0.339 e. The van der Waals surface area contributed by atoms with Crippen LogP contribution in [0.1, 0.15) is 17.4 Å². The third kappa shape index (κ3) is 4.15. The lowest BCUT2D eigenvalue weighted by molar-refractivity contribution is 0.603. The predicted octanol–water partition coefficient (Wildman–Crippen LogP) is 3.95. The first kappa shape index (κ1) is 17.4. The van der Waals surface area contributed by atoms with Crippen LogP contribution in [0, 0.1) is 6.92 Å². The fourth-order valence-electron chi connectivity index (χ4n) is 2.19. The SMILES string of the molecule is CCc1ccc(S(=O)(=O)Nc2ccc(Nc3ccccc3C)nn2)s1. The van der Waals surface area contributed by atoms with E-state index in [1.165, 1.54) is 11.3 Å². The highest BCUT2D eigenvalue weighted by atomic mass is 32.2. The van der Waals surface area contributed by atoms with Crippen molar-refractivity contribution in [3.8, 4) is 0 Å². The highest BCUT2D eigenvalue weighted by molar-refractivity contribution is 7.94. The molecule has 2 N–H and O–H groups in total. The molecule has 2 heterocycles. The minimum Gasteiger partial charge on any atom is -0.339 e. The molecule has 0 amide bonds. The Labute approximate surface area is 151 Å². The van der Waals surface area contributed by atoms with E-state index in [0.717, 1.165) is 22.5 Å². The topological polar surface area (TPSA) is 84.0 Å². The smallest absolute Gasteiger partial charge is 0.272 e. The molecule has 0 saturated heterocycles. The van der Waals surface area contributed by atoms with Crippen LogP contribution < -0.4 is 10.0 Å². The highest BCUT2D eigenvalue weighted by Gasteiger charge is 2.17. The van der Waals surface area contributed by atoms with Gasteiger partial charge in [-0.25, -0.2) is 8.42 Å². The molecular formula is C17H18N4O2S2. The third-order valence-electron chi connectivity index (χ3n) is 3.56. The van der Waals surface area contributed by atoms with Crippen molar-refractivity contribution in [2.45, 2.75) is 24.5 Å². The van der Waals surface area contributed by atoms with Gasteiger partial charge in [-0.15, -0.1) is 21.5 Å². The standard InChI is InChI=1S/C17H18N4O2S2/c1-3-13-8-11-17(24-13)25(22,23)21-16-10-9-15(19-20-16)18-14-7-5-4-6-12(14)2/h4-11H,3H2,1-2H3,(H,18,19)(H,20,21). The van der Waals surface area contributed by atoms with Crippen LogP contribution in [0.3, 0.4) is 0 Å². The Kier molecular flexibility index (Phi) is 5.00. The van der Waals surface area contributed by atoms with Gasteiger partial charge in [0, 0.05) is 10.6 Å². The number of aromatic nitrogens is 2. The van der Waals surface area contributed by atoms with E-state index < -0.39 is 10.0 Å². The number of hydrogen-bond donors (Lipinski definition) is 2. The molecule has 0 fully saturated rings. The summed E-state index contributed by atoms with van der Waals surface area (Å²) >= 11 is 1.25. The van der Waals surface area contributed by atoms with E-state index in [9.17, 15) is 8.42 Å². The second-order valence-corrected chi connectivity index (χ2v) is 8.50. The number of anilines is 3. The molecule has 3 rings (SSSR count). The van der Waals surface area contributed by atoms with Gasteiger partial charge in [-0.05, 0) is 49.2 Å². The van der Waals surface area contributed by atoms with Crippen LogP contribution in [-0.2, 0) is 16.4 Å². The predicted molar refractivity (Wildman–Crippen MR) is 101 cm³/mol. The Balaban J connectivity index is 1.73. The van der Waals surface area contributed by atoms with Gasteiger partial charge in [-0.3, -0.25) is 4.72 Å². The van der Waals surface area contributed by atoms with Gasteiger partial charge in [0.1, 0.15) is 4.21 Å². The number of hydrogen-bond acceptors (Lipinski definition) is 6. The number of rotatable bonds is 6. The summed E-state index contributed by atoms with van der Waals surface area (Å²) in [6.07, 6.45) is 0.805. The molecule has 2 aromatic heterocycles. The van der Waals surface area contributed by atoms with Crippen LogP contribution in [-0.4, -0.2) is 18.6 Å². The molecule has 6 nitrogen and oxygen atoms in total. The van der Waals surface area contributed by atoms with Crippen LogP contribution in [0.4, 0.5) is 17.3 Å². The summed E-state index contributed by atoms with van der Waals surface area (Å²) in [5.74, 6) is 0.725. The Morgan fingerprint density at radius 2 is 1.72 bits per heavy atom. The summed E-state index contributed by atoms with van der Waals surface area (Å²) in [5, 5.41) is 11.1. The van der Waals surface area contributed by atoms with Gasteiger partial charge in [0.05, 0.1) is 0 Å². The summed E-state index contributed by atoms with van der Waals surface area (Å²) in [4.78, 5) is 1.02. The minimum absolute atomic E-state index is 0.182. The molecule has 8 heteroatoms. The molecule has 0 spiro atoms. The fraction of sp³-hybridized carbons (Fsp3) is 0.176. The van der Waals surface area contributed by atoms with E-state index in [0.29, 0.717) is 5.82 Å². The number of benzene rings is 1. The summed E-state index contributed by atoms with van der Waals surface area (Å²) in [5.41, 5.74) is 2.01. The van der Waals surface area contributed by atoms with E-state index in [2.05, 4.69) is 20.2 Å². The number of aryl methyl sites for hydroxylation is 2. The Bertz CT molecular complexity index is 966. The van der Waals surface area contributed by atoms with E-state index >= 15 is 0 Å². The van der Waals surface area contributed by atoms with Crippen LogP contribution >= 0.6 is 11.3 Å². The number of nitrogens with one attached hydrogen (secondary N) is 2. The zero-order valence-corrected chi connectivity index (χ0v) is 15.5. The molecule has 0 bridgehead atoms. The average Bonchev–Trinajstić information content (AvgIpc) is 3.09. The lowest BCUT2D eigenvalue weighted by Crippen LogP contribution is -2.13. The first-order valence-corrected chi connectivity index (χ1v) is 10.1. The Morgan fingerprint density at radius 3 is 2.36 bits per heavy atom. The van der Waals surface area contributed by atoms with Crippen molar-refractivity contribution in [2.75, 3.05) is 10.0 Å². The van der Waals surface area contributed by atoms with Gasteiger partial charge in [0.25, 0.3) is 10.0 Å². The fourth-order valence-corrected chi connectivity index (χ4v) is 4.48. The molecule has 0 saturated carbocycles. The normalized spacial score (nSPS) is 11.3. The van der Waals surface area contributed by atoms with E-state index in [1.807, 2.05) is 44.2 Å². The van der Waals surface area contributed by atoms with Crippen LogP contribution in [0.5, 0.6) is 0 Å². The van der Waals surface area contributed by atoms with Crippen molar-refractivity contribution in [3.63, 3.8) is 0 Å². The second kappa shape index (κ2) is 7.20. The summed E-state index contributed by atoms with van der Waals surface area (Å²) in [6, 6.07) is 14.5. The molecule has 0 radical (unpaired) electrons. The maximum Gasteiger partial charge on any atom is 0.272 e. The third-order valence-corrected chi connectivity index (χ3v) is 6.64. The molecular weight excluding hydrogens is 356 g/mol. The molecule has 0 unspecified atom stereocenters. The Hall–Kier alpha value is -2.45. The average molecular weight is 374 g/mol. The summed E-state index contributed by atoms with van der Waals surface area (Å²) < 4.78 is 27.5. The van der Waals surface area contributed by atoms with E-state index in [4.69, 9.17) is 0 Å². The number of sulfonamides is 1. The monoisotopic (exact) mass is 374 g/mol. The lowest BCUT2D eigenvalue weighted by atomic mass is 10.2. The zero-order valence-electron chi connectivity index (χ0n) is 13.9. The number of thiophene rings is 1.